The fraction of sp³-hybridized carbons (Fsp3) is 0.667. The van der Waals surface area contributed by atoms with Gasteiger partial charge in [0.1, 0.15) is 6.10 Å². The molecule has 1 aliphatic carbocycles. The second-order valence-electron chi connectivity index (χ2n) is 3.13. The lowest BCUT2D eigenvalue weighted by molar-refractivity contribution is 0.00230. The number of carboxylic acid groups (broad SMARTS) is 1. The lowest BCUT2D eigenvalue weighted by Crippen LogP contribution is -2.27. The first-order valence-electron chi connectivity index (χ1n) is 4.60. The highest BCUT2D eigenvalue weighted by molar-refractivity contribution is 5.62. The van der Waals surface area contributed by atoms with E-state index >= 15 is 0 Å². The van der Waals surface area contributed by atoms with Crippen molar-refractivity contribution < 1.29 is 14.7 Å². The Morgan fingerprint density at radius 3 is 3.08 bits per heavy atom. The van der Waals surface area contributed by atoms with Crippen LogP contribution in [0, 0.1) is 0 Å². The van der Waals surface area contributed by atoms with Gasteiger partial charge in [-0.1, -0.05) is 25.0 Å². The third kappa shape index (κ3) is 4.52. The summed E-state index contributed by atoms with van der Waals surface area (Å²) in [6.45, 7) is 0. The second kappa shape index (κ2) is 5.59. The third-order valence-electron chi connectivity index (χ3n) is 2.01. The topological polar surface area (TPSA) is 58.6 Å². The first-order chi connectivity index (χ1) is 6.29. The molecule has 0 fully saturated rings. The summed E-state index contributed by atoms with van der Waals surface area (Å²) in [5.74, 6) is 0. The van der Waals surface area contributed by atoms with Gasteiger partial charge in [0, 0.05) is 0 Å². The summed E-state index contributed by atoms with van der Waals surface area (Å²) in [5.41, 5.74) is 1.93. The number of amides is 1. The van der Waals surface area contributed by atoms with Crippen LogP contribution in [0.3, 0.4) is 0 Å². The average Bonchev–Trinajstić information content (AvgIpc) is 2.01. The van der Waals surface area contributed by atoms with Crippen LogP contribution in [0.5, 0.6) is 0 Å². The standard InChI is InChI=1S/C9H15NO3/c11-9(12)10-13-8-6-4-2-1-3-5-7-8/h4,6,8,10H,1-3,5,7H2,(H,11,12)/b6-4-. The van der Waals surface area contributed by atoms with E-state index in [1.54, 1.807) is 0 Å². The first kappa shape index (κ1) is 10.1. The molecule has 2 N–H and O–H groups in total. The fourth-order valence-electron chi connectivity index (χ4n) is 1.35. The van der Waals surface area contributed by atoms with E-state index in [2.05, 4.69) is 0 Å². The van der Waals surface area contributed by atoms with Crippen molar-refractivity contribution >= 4 is 6.09 Å². The smallest absolute Gasteiger partial charge is 0.428 e. The van der Waals surface area contributed by atoms with Crippen LogP contribution < -0.4 is 5.48 Å². The fourth-order valence-corrected chi connectivity index (χ4v) is 1.35. The van der Waals surface area contributed by atoms with Crippen LogP contribution in [0.4, 0.5) is 4.79 Å². The van der Waals surface area contributed by atoms with Crippen LogP contribution in [0.2, 0.25) is 0 Å². The van der Waals surface area contributed by atoms with Gasteiger partial charge in [0.25, 0.3) is 0 Å². The molecule has 0 bridgehead atoms. The molecule has 0 aliphatic heterocycles. The Morgan fingerprint density at radius 2 is 2.31 bits per heavy atom. The molecular weight excluding hydrogens is 170 g/mol. The average molecular weight is 185 g/mol. The highest BCUT2D eigenvalue weighted by atomic mass is 16.7. The quantitative estimate of drug-likeness (QED) is 0.511. The zero-order chi connectivity index (χ0) is 9.52. The van der Waals surface area contributed by atoms with E-state index in [1.165, 1.54) is 12.8 Å². The van der Waals surface area contributed by atoms with E-state index in [9.17, 15) is 4.79 Å². The summed E-state index contributed by atoms with van der Waals surface area (Å²) in [7, 11) is 0. The van der Waals surface area contributed by atoms with Gasteiger partial charge in [0.05, 0.1) is 0 Å². The van der Waals surface area contributed by atoms with Crippen molar-refractivity contribution in [1.82, 2.24) is 5.48 Å². The number of rotatable bonds is 2. The molecule has 0 saturated heterocycles. The molecule has 1 atom stereocenters. The van der Waals surface area contributed by atoms with Gasteiger partial charge in [-0.15, -0.1) is 0 Å². The molecule has 1 unspecified atom stereocenters. The van der Waals surface area contributed by atoms with Crippen LogP contribution in [0.1, 0.15) is 32.1 Å². The predicted octanol–water partition coefficient (Wildman–Crippen LogP) is 2.07. The number of carbonyl (C=O) groups is 1. The Hall–Kier alpha value is -1.03. The molecule has 13 heavy (non-hydrogen) atoms. The van der Waals surface area contributed by atoms with Crippen molar-refractivity contribution in [2.45, 2.75) is 38.2 Å². The van der Waals surface area contributed by atoms with E-state index in [-0.39, 0.29) is 6.10 Å². The zero-order valence-corrected chi connectivity index (χ0v) is 7.53. The van der Waals surface area contributed by atoms with Gasteiger partial charge < -0.3 is 5.11 Å². The third-order valence-corrected chi connectivity index (χ3v) is 2.01. The van der Waals surface area contributed by atoms with E-state index < -0.39 is 6.09 Å². The number of allylic oxidation sites excluding steroid dienone is 1. The Labute approximate surface area is 77.5 Å². The minimum absolute atomic E-state index is 0.101. The van der Waals surface area contributed by atoms with Gasteiger partial charge in [-0.25, -0.2) is 4.79 Å². The van der Waals surface area contributed by atoms with Crippen molar-refractivity contribution in [3.05, 3.63) is 12.2 Å². The molecule has 0 spiro atoms. The van der Waals surface area contributed by atoms with Crippen LogP contribution in [-0.4, -0.2) is 17.3 Å². The van der Waals surface area contributed by atoms with Gasteiger partial charge in [-0.3, -0.25) is 4.84 Å². The van der Waals surface area contributed by atoms with E-state index in [0.29, 0.717) is 0 Å². The van der Waals surface area contributed by atoms with Gasteiger partial charge in [-0.05, 0) is 19.3 Å². The number of hydrogen-bond donors (Lipinski definition) is 2. The van der Waals surface area contributed by atoms with Gasteiger partial charge >= 0.3 is 6.09 Å². The van der Waals surface area contributed by atoms with Crippen LogP contribution >= 0.6 is 0 Å². The normalized spacial score (nSPS) is 25.7. The highest BCUT2D eigenvalue weighted by Crippen LogP contribution is 2.13. The van der Waals surface area contributed by atoms with Crippen molar-refractivity contribution in [3.63, 3.8) is 0 Å². The maximum atomic E-state index is 10.1. The molecule has 4 heteroatoms. The summed E-state index contributed by atoms with van der Waals surface area (Å²) in [4.78, 5) is 15.1. The van der Waals surface area contributed by atoms with E-state index in [1.807, 2.05) is 17.6 Å². The van der Waals surface area contributed by atoms with Crippen LogP contribution in [-0.2, 0) is 4.84 Å². The first-order valence-corrected chi connectivity index (χ1v) is 4.60. The molecule has 74 valence electrons. The SMILES string of the molecule is O=C(O)NOC1/C=C\CCCCC1. The lowest BCUT2D eigenvalue weighted by Gasteiger charge is -2.14. The van der Waals surface area contributed by atoms with Crippen molar-refractivity contribution in [3.8, 4) is 0 Å². The van der Waals surface area contributed by atoms with E-state index in [4.69, 9.17) is 9.94 Å². The lowest BCUT2D eigenvalue weighted by atomic mass is 10.0. The molecule has 0 radical (unpaired) electrons. The maximum Gasteiger partial charge on any atom is 0.428 e. The largest absolute Gasteiger partial charge is 0.464 e. The predicted molar refractivity (Wildman–Crippen MR) is 48.3 cm³/mol. The summed E-state index contributed by atoms with van der Waals surface area (Å²) in [5, 5.41) is 8.31. The molecule has 0 aromatic rings. The van der Waals surface area contributed by atoms with Crippen molar-refractivity contribution in [2.75, 3.05) is 0 Å². The second-order valence-corrected chi connectivity index (χ2v) is 3.13. The maximum absolute atomic E-state index is 10.1. The van der Waals surface area contributed by atoms with Crippen molar-refractivity contribution in [1.29, 1.82) is 0 Å². The summed E-state index contributed by atoms with van der Waals surface area (Å²) >= 11 is 0. The molecule has 1 amide bonds. The molecule has 0 saturated carbocycles. The summed E-state index contributed by atoms with van der Waals surface area (Å²) < 4.78 is 0. The molecule has 1 rings (SSSR count). The van der Waals surface area contributed by atoms with E-state index in [0.717, 1.165) is 19.3 Å². The minimum Gasteiger partial charge on any atom is -0.464 e. The van der Waals surface area contributed by atoms with Crippen LogP contribution in [0.25, 0.3) is 0 Å². The van der Waals surface area contributed by atoms with Gasteiger partial charge in [-0.2, -0.15) is 5.48 Å². The number of hydroxylamine groups is 1. The van der Waals surface area contributed by atoms with Crippen molar-refractivity contribution in [2.24, 2.45) is 0 Å². The van der Waals surface area contributed by atoms with Gasteiger partial charge in [0.2, 0.25) is 0 Å². The monoisotopic (exact) mass is 185 g/mol. The van der Waals surface area contributed by atoms with Crippen LogP contribution in [0.15, 0.2) is 12.2 Å². The number of nitrogens with one attached hydrogen (secondary N) is 1. The molecule has 0 aromatic heterocycles. The molecule has 0 heterocycles. The Bertz CT molecular complexity index is 191. The summed E-state index contributed by atoms with van der Waals surface area (Å²) in [6.07, 6.45) is 8.18. The Kier molecular flexibility index (Phi) is 4.32. The van der Waals surface area contributed by atoms with Gasteiger partial charge in [0.15, 0.2) is 0 Å². The zero-order valence-electron chi connectivity index (χ0n) is 7.53. The Morgan fingerprint density at radius 1 is 1.46 bits per heavy atom. The molecule has 1 aliphatic rings. The molecular formula is C9H15NO3. The Balaban J connectivity index is 2.28. The molecule has 0 aromatic carbocycles. The summed E-state index contributed by atoms with van der Waals surface area (Å²) in [6, 6.07) is 0. The highest BCUT2D eigenvalue weighted by Gasteiger charge is 2.08. The molecule has 4 nitrogen and oxygen atoms in total. The number of hydrogen-bond acceptors (Lipinski definition) is 2. The minimum atomic E-state index is -1.14.